The van der Waals surface area contributed by atoms with Crippen LogP contribution in [0.2, 0.25) is 0 Å². The molecule has 0 bridgehead atoms. The molecule has 0 atom stereocenters. The zero-order valence-corrected chi connectivity index (χ0v) is 9.56. The first-order valence-electron chi connectivity index (χ1n) is 5.64. The molecular weight excluding hydrogens is 194 g/mol. The van der Waals surface area contributed by atoms with Gasteiger partial charge in [-0.25, -0.2) is 0 Å². The first-order chi connectivity index (χ1) is 6.76. The number of hydrogen-bond acceptors (Lipinski definition) is 2. The van der Waals surface area contributed by atoms with Crippen molar-refractivity contribution in [2.45, 2.75) is 38.5 Å². The molecule has 14 heavy (non-hydrogen) atoms. The van der Waals surface area contributed by atoms with E-state index in [-0.39, 0.29) is 0 Å². The van der Waals surface area contributed by atoms with Crippen LogP contribution in [0.5, 0.6) is 0 Å². The predicted octanol–water partition coefficient (Wildman–Crippen LogP) is 2.10. The second-order valence-electron chi connectivity index (χ2n) is 4.78. The van der Waals surface area contributed by atoms with Crippen molar-refractivity contribution in [3.05, 3.63) is 0 Å². The first kappa shape index (κ1) is 10.3. The van der Waals surface area contributed by atoms with Gasteiger partial charge in [0.1, 0.15) is 0 Å². The van der Waals surface area contributed by atoms with Gasteiger partial charge < -0.3 is 4.90 Å². The predicted molar refractivity (Wildman–Crippen MR) is 60.6 cm³/mol. The second-order valence-corrected chi connectivity index (χ2v) is 5.10. The molecule has 2 nitrogen and oxygen atoms in total. The van der Waals surface area contributed by atoms with Crippen LogP contribution in [0, 0.1) is 5.41 Å². The maximum absolute atomic E-state index is 11.7. The quantitative estimate of drug-likeness (QED) is 0.712. The average molecular weight is 213 g/mol. The van der Waals surface area contributed by atoms with Gasteiger partial charge in [-0.05, 0) is 36.9 Å². The molecule has 2 fully saturated rings. The minimum Gasteiger partial charge on any atom is -0.342 e. The molecule has 1 saturated heterocycles. The van der Waals surface area contributed by atoms with Gasteiger partial charge in [-0.15, -0.1) is 0 Å². The Balaban J connectivity index is 1.91. The van der Waals surface area contributed by atoms with E-state index in [0.717, 1.165) is 31.7 Å². The average Bonchev–Trinajstić information content (AvgIpc) is 2.97. The molecule has 1 saturated carbocycles. The number of carbonyl (C=O) groups excluding carboxylic acids is 1. The fraction of sp³-hybridized carbons (Fsp3) is 0.909. The van der Waals surface area contributed by atoms with Crippen LogP contribution in [0.25, 0.3) is 0 Å². The Labute approximate surface area is 91.5 Å². The number of hydrogen-bond donors (Lipinski definition) is 1. The summed E-state index contributed by atoms with van der Waals surface area (Å²) < 4.78 is 0. The summed E-state index contributed by atoms with van der Waals surface area (Å²) >= 11 is 4.38. The smallest absolute Gasteiger partial charge is 0.222 e. The third-order valence-corrected chi connectivity index (χ3v) is 4.16. The van der Waals surface area contributed by atoms with Crippen LogP contribution in [0.15, 0.2) is 0 Å². The van der Waals surface area contributed by atoms with E-state index < -0.39 is 0 Å². The van der Waals surface area contributed by atoms with Crippen LogP contribution in [0.4, 0.5) is 0 Å². The van der Waals surface area contributed by atoms with Gasteiger partial charge in [-0.1, -0.05) is 6.42 Å². The van der Waals surface area contributed by atoms with Gasteiger partial charge in [0.2, 0.25) is 5.91 Å². The van der Waals surface area contributed by atoms with Gasteiger partial charge in [0, 0.05) is 19.5 Å². The van der Waals surface area contributed by atoms with Crippen molar-refractivity contribution in [3.63, 3.8) is 0 Å². The Hall–Kier alpha value is -0.180. The Kier molecular flexibility index (Phi) is 3.05. The molecule has 1 heterocycles. The molecular formula is C11H19NOS. The van der Waals surface area contributed by atoms with Gasteiger partial charge in [0.05, 0.1) is 0 Å². The molecule has 80 valence electrons. The highest BCUT2D eigenvalue weighted by molar-refractivity contribution is 7.80. The molecule has 1 amide bonds. The first-order valence-corrected chi connectivity index (χ1v) is 6.28. The van der Waals surface area contributed by atoms with Crippen molar-refractivity contribution < 1.29 is 4.79 Å². The fourth-order valence-electron chi connectivity index (χ4n) is 2.15. The van der Waals surface area contributed by atoms with Crippen molar-refractivity contribution in [2.24, 2.45) is 5.41 Å². The summed E-state index contributed by atoms with van der Waals surface area (Å²) in [6.07, 6.45) is 6.79. The van der Waals surface area contributed by atoms with E-state index >= 15 is 0 Å². The molecule has 0 unspecified atom stereocenters. The van der Waals surface area contributed by atoms with Crippen LogP contribution in [0.1, 0.15) is 38.5 Å². The summed E-state index contributed by atoms with van der Waals surface area (Å²) in [7, 11) is 0. The standard InChI is InChI=1S/C11H19NOS/c13-10-4-2-1-3-7-12(10)8-11(9-14)5-6-11/h14H,1-9H2. The van der Waals surface area contributed by atoms with E-state index in [0.29, 0.717) is 11.3 Å². The molecule has 1 aliphatic carbocycles. The summed E-state index contributed by atoms with van der Waals surface area (Å²) in [4.78, 5) is 13.8. The van der Waals surface area contributed by atoms with Crippen molar-refractivity contribution in [1.29, 1.82) is 0 Å². The number of rotatable bonds is 3. The van der Waals surface area contributed by atoms with Crippen molar-refractivity contribution in [2.75, 3.05) is 18.8 Å². The number of nitrogens with zero attached hydrogens (tertiary/aromatic N) is 1. The highest BCUT2D eigenvalue weighted by atomic mass is 32.1. The highest BCUT2D eigenvalue weighted by Gasteiger charge is 2.43. The number of likely N-dealkylation sites (tertiary alicyclic amines) is 1. The Morgan fingerprint density at radius 2 is 2.07 bits per heavy atom. The summed E-state index contributed by atoms with van der Waals surface area (Å²) in [5, 5.41) is 0. The number of carbonyl (C=O) groups is 1. The van der Waals surface area contributed by atoms with Crippen LogP contribution in [-0.4, -0.2) is 29.6 Å². The van der Waals surface area contributed by atoms with E-state index in [1.807, 2.05) is 0 Å². The molecule has 0 radical (unpaired) electrons. The van der Waals surface area contributed by atoms with E-state index in [1.54, 1.807) is 0 Å². The van der Waals surface area contributed by atoms with Gasteiger partial charge in [-0.3, -0.25) is 4.79 Å². The summed E-state index contributed by atoms with van der Waals surface area (Å²) in [5.41, 5.74) is 0.392. The molecule has 2 rings (SSSR count). The molecule has 0 aromatic rings. The highest BCUT2D eigenvalue weighted by Crippen LogP contribution is 2.47. The zero-order chi connectivity index (χ0) is 10.0. The normalized spacial score (nSPS) is 26.1. The molecule has 3 heteroatoms. The topological polar surface area (TPSA) is 20.3 Å². The van der Waals surface area contributed by atoms with Crippen LogP contribution in [-0.2, 0) is 4.79 Å². The zero-order valence-electron chi connectivity index (χ0n) is 8.67. The lowest BCUT2D eigenvalue weighted by Crippen LogP contribution is -2.36. The van der Waals surface area contributed by atoms with Crippen LogP contribution >= 0.6 is 12.6 Å². The second kappa shape index (κ2) is 4.13. The van der Waals surface area contributed by atoms with Gasteiger partial charge in [-0.2, -0.15) is 12.6 Å². The van der Waals surface area contributed by atoms with Crippen LogP contribution < -0.4 is 0 Å². The Bertz CT molecular complexity index is 225. The van der Waals surface area contributed by atoms with E-state index in [1.165, 1.54) is 25.7 Å². The maximum atomic E-state index is 11.7. The number of amides is 1. The fourth-order valence-corrected chi connectivity index (χ4v) is 2.57. The molecule has 0 aromatic heterocycles. The van der Waals surface area contributed by atoms with Crippen molar-refractivity contribution in [3.8, 4) is 0 Å². The molecule has 0 spiro atoms. The largest absolute Gasteiger partial charge is 0.342 e. The van der Waals surface area contributed by atoms with Gasteiger partial charge in [0.15, 0.2) is 0 Å². The SMILES string of the molecule is O=C1CCCCCN1CC1(CS)CC1. The van der Waals surface area contributed by atoms with Gasteiger partial charge in [0.25, 0.3) is 0 Å². The maximum Gasteiger partial charge on any atom is 0.222 e. The lowest BCUT2D eigenvalue weighted by atomic mass is 10.1. The molecule has 0 aromatic carbocycles. The molecule has 2 aliphatic rings. The van der Waals surface area contributed by atoms with Crippen LogP contribution in [0.3, 0.4) is 0 Å². The summed E-state index contributed by atoms with van der Waals surface area (Å²) in [5.74, 6) is 1.31. The third-order valence-electron chi connectivity index (χ3n) is 3.49. The lowest BCUT2D eigenvalue weighted by molar-refractivity contribution is -0.131. The minimum atomic E-state index is 0.371. The van der Waals surface area contributed by atoms with Gasteiger partial charge >= 0.3 is 0 Å². The molecule has 0 N–H and O–H groups in total. The molecule has 1 aliphatic heterocycles. The Morgan fingerprint density at radius 1 is 1.29 bits per heavy atom. The Morgan fingerprint density at radius 3 is 2.71 bits per heavy atom. The van der Waals surface area contributed by atoms with E-state index in [4.69, 9.17) is 0 Å². The van der Waals surface area contributed by atoms with Crippen molar-refractivity contribution >= 4 is 18.5 Å². The number of thiol groups is 1. The summed E-state index contributed by atoms with van der Waals surface area (Å²) in [6, 6.07) is 0. The minimum absolute atomic E-state index is 0.371. The van der Waals surface area contributed by atoms with Crippen molar-refractivity contribution in [1.82, 2.24) is 4.90 Å². The lowest BCUT2D eigenvalue weighted by Gasteiger charge is -2.25. The third kappa shape index (κ3) is 2.25. The monoisotopic (exact) mass is 213 g/mol. The summed E-state index contributed by atoms with van der Waals surface area (Å²) in [6.45, 7) is 1.95. The van der Waals surface area contributed by atoms with E-state index in [9.17, 15) is 4.79 Å². The van der Waals surface area contributed by atoms with E-state index in [2.05, 4.69) is 17.5 Å².